The van der Waals surface area contributed by atoms with Crippen LogP contribution in [0.2, 0.25) is 0 Å². The Bertz CT molecular complexity index is 343. The Morgan fingerprint density at radius 2 is 1.81 bits per heavy atom. The largest absolute Gasteiger partial charge is 0.490 e. The highest BCUT2D eigenvalue weighted by Crippen LogP contribution is 2.17. The van der Waals surface area contributed by atoms with E-state index in [1.54, 1.807) is 0 Å². The third-order valence-corrected chi connectivity index (χ3v) is 2.66. The van der Waals surface area contributed by atoms with Crippen molar-refractivity contribution in [2.75, 3.05) is 0 Å². The van der Waals surface area contributed by atoms with Crippen LogP contribution >= 0.6 is 11.6 Å². The molecule has 16 heavy (non-hydrogen) atoms. The molecule has 0 heterocycles. The molecule has 1 aromatic carbocycles. The average molecular weight is 241 g/mol. The van der Waals surface area contributed by atoms with Crippen molar-refractivity contribution in [3.05, 3.63) is 29.8 Å². The summed E-state index contributed by atoms with van der Waals surface area (Å²) in [6.07, 6.45) is 0.446. The molecule has 2 nitrogen and oxygen atoms in total. The maximum atomic E-state index is 10.7. The first-order valence-corrected chi connectivity index (χ1v) is 5.80. The third kappa shape index (κ3) is 4.23. The molecule has 0 aliphatic rings. The van der Waals surface area contributed by atoms with Gasteiger partial charge in [0.1, 0.15) is 5.75 Å². The summed E-state index contributed by atoms with van der Waals surface area (Å²) in [5, 5.41) is -0.343. The van der Waals surface area contributed by atoms with Gasteiger partial charge >= 0.3 is 0 Å². The van der Waals surface area contributed by atoms with Gasteiger partial charge in [0.05, 0.1) is 6.10 Å². The fourth-order valence-corrected chi connectivity index (χ4v) is 1.35. The number of hydrogen-bond donors (Lipinski definition) is 0. The molecule has 0 fully saturated rings. The molecule has 0 N–H and O–H groups in total. The van der Waals surface area contributed by atoms with Gasteiger partial charge in [0.15, 0.2) is 0 Å². The van der Waals surface area contributed by atoms with E-state index < -0.39 is 0 Å². The summed E-state index contributed by atoms with van der Waals surface area (Å²) in [5.74, 6) is 1.30. The SMILES string of the molecule is CC(C)C(C)Oc1ccc(CC(=O)Cl)cc1. The van der Waals surface area contributed by atoms with Gasteiger partial charge in [0, 0.05) is 6.42 Å². The third-order valence-electron chi connectivity index (χ3n) is 2.53. The van der Waals surface area contributed by atoms with Gasteiger partial charge in [0.2, 0.25) is 5.24 Å². The normalized spacial score (nSPS) is 12.6. The lowest BCUT2D eigenvalue weighted by Gasteiger charge is -2.18. The highest BCUT2D eigenvalue weighted by Gasteiger charge is 2.08. The number of benzene rings is 1. The second kappa shape index (κ2) is 5.90. The predicted octanol–water partition coefficient (Wildman–Crippen LogP) is 3.42. The van der Waals surface area contributed by atoms with E-state index in [0.717, 1.165) is 11.3 Å². The van der Waals surface area contributed by atoms with Gasteiger partial charge in [0.25, 0.3) is 0 Å². The number of carbonyl (C=O) groups is 1. The van der Waals surface area contributed by atoms with Gasteiger partial charge in [-0.15, -0.1) is 0 Å². The Hall–Kier alpha value is -1.02. The van der Waals surface area contributed by atoms with E-state index >= 15 is 0 Å². The maximum absolute atomic E-state index is 10.7. The van der Waals surface area contributed by atoms with Crippen LogP contribution in [0.3, 0.4) is 0 Å². The lowest BCUT2D eigenvalue weighted by molar-refractivity contribution is -0.111. The van der Waals surface area contributed by atoms with Gasteiger partial charge in [-0.3, -0.25) is 4.79 Å². The molecular formula is C13H17ClO2. The second-order valence-corrected chi connectivity index (χ2v) is 4.66. The Morgan fingerprint density at radius 1 is 1.25 bits per heavy atom. The Labute approximate surface area is 102 Å². The molecule has 3 heteroatoms. The number of rotatable bonds is 5. The Balaban J connectivity index is 2.61. The topological polar surface area (TPSA) is 26.3 Å². The molecule has 0 aliphatic heterocycles. The van der Waals surface area contributed by atoms with E-state index in [-0.39, 0.29) is 17.8 Å². The summed E-state index contributed by atoms with van der Waals surface area (Å²) >= 11 is 5.31. The van der Waals surface area contributed by atoms with Gasteiger partial charge < -0.3 is 4.74 Å². The minimum absolute atomic E-state index is 0.181. The minimum Gasteiger partial charge on any atom is -0.490 e. The van der Waals surface area contributed by atoms with E-state index in [4.69, 9.17) is 16.3 Å². The van der Waals surface area contributed by atoms with Crippen LogP contribution in [-0.4, -0.2) is 11.3 Å². The zero-order chi connectivity index (χ0) is 12.1. The molecule has 0 aromatic heterocycles. The Kier molecular flexibility index (Phi) is 4.81. The van der Waals surface area contributed by atoms with Crippen molar-refractivity contribution in [1.29, 1.82) is 0 Å². The van der Waals surface area contributed by atoms with Crippen LogP contribution in [0, 0.1) is 5.92 Å². The van der Waals surface area contributed by atoms with Crippen LogP contribution in [0.4, 0.5) is 0 Å². The number of hydrogen-bond acceptors (Lipinski definition) is 2. The Morgan fingerprint density at radius 3 is 2.25 bits per heavy atom. The highest BCUT2D eigenvalue weighted by molar-refractivity contribution is 6.63. The molecule has 1 rings (SSSR count). The zero-order valence-corrected chi connectivity index (χ0v) is 10.6. The van der Waals surface area contributed by atoms with Gasteiger partial charge in [-0.25, -0.2) is 0 Å². The molecular weight excluding hydrogens is 224 g/mol. The molecule has 0 spiro atoms. The molecule has 0 saturated carbocycles. The van der Waals surface area contributed by atoms with Gasteiger partial charge in [-0.1, -0.05) is 26.0 Å². The smallest absolute Gasteiger partial charge is 0.226 e. The average Bonchev–Trinajstić information content (AvgIpc) is 2.20. The molecule has 0 amide bonds. The summed E-state index contributed by atoms with van der Waals surface area (Å²) in [7, 11) is 0. The first-order valence-electron chi connectivity index (χ1n) is 5.43. The van der Waals surface area contributed by atoms with E-state index in [9.17, 15) is 4.79 Å². The van der Waals surface area contributed by atoms with Crippen LogP contribution in [0.15, 0.2) is 24.3 Å². The summed E-state index contributed by atoms with van der Waals surface area (Å²) in [5.41, 5.74) is 0.907. The second-order valence-electron chi connectivity index (χ2n) is 4.24. The molecule has 0 bridgehead atoms. The van der Waals surface area contributed by atoms with Crippen molar-refractivity contribution in [2.24, 2.45) is 5.92 Å². The van der Waals surface area contributed by atoms with E-state index in [0.29, 0.717) is 5.92 Å². The molecule has 1 atom stereocenters. The summed E-state index contributed by atoms with van der Waals surface area (Å²) in [6.45, 7) is 6.28. The summed E-state index contributed by atoms with van der Waals surface area (Å²) in [4.78, 5) is 10.7. The number of halogens is 1. The first kappa shape index (κ1) is 13.0. The number of carbonyl (C=O) groups excluding carboxylic acids is 1. The van der Waals surface area contributed by atoms with Crippen LogP contribution in [0.1, 0.15) is 26.3 Å². The fraction of sp³-hybridized carbons (Fsp3) is 0.462. The molecule has 0 aliphatic carbocycles. The molecule has 0 saturated heterocycles. The highest BCUT2D eigenvalue weighted by atomic mass is 35.5. The predicted molar refractivity (Wildman–Crippen MR) is 65.9 cm³/mol. The molecule has 88 valence electrons. The van der Waals surface area contributed by atoms with Crippen LogP contribution in [0.5, 0.6) is 5.75 Å². The zero-order valence-electron chi connectivity index (χ0n) is 9.87. The standard InChI is InChI=1S/C13H17ClO2/c1-9(2)10(3)16-12-6-4-11(5-7-12)8-13(14)15/h4-7,9-10H,8H2,1-3H3. The molecule has 0 radical (unpaired) electrons. The number of ether oxygens (including phenoxy) is 1. The minimum atomic E-state index is -0.343. The van der Waals surface area contributed by atoms with Crippen LogP contribution < -0.4 is 4.74 Å². The van der Waals surface area contributed by atoms with E-state index in [1.807, 2.05) is 31.2 Å². The van der Waals surface area contributed by atoms with Crippen molar-refractivity contribution in [3.8, 4) is 5.75 Å². The van der Waals surface area contributed by atoms with Crippen molar-refractivity contribution < 1.29 is 9.53 Å². The quantitative estimate of drug-likeness (QED) is 0.738. The lowest BCUT2D eigenvalue weighted by Crippen LogP contribution is -2.18. The van der Waals surface area contributed by atoms with Gasteiger partial charge in [-0.2, -0.15) is 0 Å². The first-order chi connectivity index (χ1) is 7.49. The van der Waals surface area contributed by atoms with Crippen LogP contribution in [0.25, 0.3) is 0 Å². The lowest BCUT2D eigenvalue weighted by atomic mass is 10.1. The van der Waals surface area contributed by atoms with E-state index in [2.05, 4.69) is 13.8 Å². The molecule has 1 aromatic rings. The fourth-order valence-electron chi connectivity index (χ4n) is 1.20. The van der Waals surface area contributed by atoms with Crippen molar-refractivity contribution in [3.63, 3.8) is 0 Å². The van der Waals surface area contributed by atoms with Crippen molar-refractivity contribution >= 4 is 16.8 Å². The van der Waals surface area contributed by atoms with E-state index in [1.165, 1.54) is 0 Å². The van der Waals surface area contributed by atoms with Crippen LogP contribution in [-0.2, 0) is 11.2 Å². The monoisotopic (exact) mass is 240 g/mol. The van der Waals surface area contributed by atoms with Crippen molar-refractivity contribution in [1.82, 2.24) is 0 Å². The molecule has 1 unspecified atom stereocenters. The summed E-state index contributed by atoms with van der Waals surface area (Å²) < 4.78 is 5.72. The maximum Gasteiger partial charge on any atom is 0.226 e. The summed E-state index contributed by atoms with van der Waals surface area (Å²) in [6, 6.07) is 7.47. The van der Waals surface area contributed by atoms with Gasteiger partial charge in [-0.05, 0) is 42.1 Å². The van der Waals surface area contributed by atoms with Crippen molar-refractivity contribution in [2.45, 2.75) is 33.3 Å².